The third-order valence-electron chi connectivity index (χ3n) is 34.7. The number of hydrogen-bond donors (Lipinski definition) is 1. The van der Waals surface area contributed by atoms with E-state index in [-0.39, 0.29) is 76.7 Å². The number of hydrogen-bond acceptors (Lipinski definition) is 10. The van der Waals surface area contributed by atoms with Crippen LogP contribution in [0, 0.1) is 183 Å². The lowest BCUT2D eigenvalue weighted by Crippen LogP contribution is -2.90. The van der Waals surface area contributed by atoms with Gasteiger partial charge in [-0.15, -0.1) is 0 Å². The van der Waals surface area contributed by atoms with Crippen LogP contribution in [0.1, 0.15) is 242 Å². The second kappa shape index (κ2) is 20.8. The van der Waals surface area contributed by atoms with E-state index < -0.39 is 11.2 Å². The largest absolute Gasteiger partial charge is 0.459 e. The first-order valence-electron chi connectivity index (χ1n) is 38.3. The third-order valence-corrected chi connectivity index (χ3v) is 34.7. The zero-order valence-corrected chi connectivity index (χ0v) is 55.5. The van der Waals surface area contributed by atoms with Crippen LogP contribution in [-0.2, 0) is 42.9 Å². The molecule has 1 spiro atoms. The van der Waals surface area contributed by atoms with Gasteiger partial charge in [-0.2, -0.15) is 0 Å². The number of fused-ring (bicyclic) bond motifs is 8. The van der Waals surface area contributed by atoms with Crippen molar-refractivity contribution in [1.29, 1.82) is 0 Å². The monoisotopic (exact) mass is 1210 g/mol. The van der Waals surface area contributed by atoms with Crippen LogP contribution in [-0.4, -0.2) is 63.3 Å². The van der Waals surface area contributed by atoms with Crippen molar-refractivity contribution in [2.75, 3.05) is 0 Å². The fraction of sp³-hybridized carbons (Fsp3) is 0.936. The van der Waals surface area contributed by atoms with E-state index in [4.69, 9.17) is 18.9 Å². The number of esters is 4. The van der Waals surface area contributed by atoms with E-state index in [1.54, 1.807) is 0 Å². The zero-order chi connectivity index (χ0) is 60.6. The summed E-state index contributed by atoms with van der Waals surface area (Å²) >= 11 is 0. The van der Waals surface area contributed by atoms with Crippen molar-refractivity contribution in [2.45, 2.75) is 270 Å². The van der Waals surface area contributed by atoms with Crippen LogP contribution in [0.2, 0.25) is 0 Å². The van der Waals surface area contributed by atoms with E-state index in [9.17, 15) is 24.3 Å². The van der Waals surface area contributed by atoms with Crippen molar-refractivity contribution in [3.63, 3.8) is 0 Å². The van der Waals surface area contributed by atoms with Crippen LogP contribution in [0.5, 0.6) is 0 Å². The van der Waals surface area contributed by atoms with Gasteiger partial charge in [0.1, 0.15) is 28.2 Å². The summed E-state index contributed by atoms with van der Waals surface area (Å²) < 4.78 is 27.4. The SMILES string of the molecule is CCC(C)(OC(=O)C1CC2CC1C(C)C2CCC1C(CC2C(CCC3C(C)C4CC(C(=O)OC5(C)C6CC7CC8CC5C786)C3C4)C3CC(C(=O)OC4(CC)C5CC6CC5CC64)C2C3)C2CC(C(=O)OC(C)(C)C3CCC(O)CC3)C1C2)C1CCC(=O)CC1. The molecule has 0 aliphatic heterocycles. The Balaban J connectivity index is 0.620. The molecule has 12 bridgehead atoms. The molecule has 29 unspecified atom stereocenters. The van der Waals surface area contributed by atoms with Crippen molar-refractivity contribution >= 4 is 29.7 Å². The maximum Gasteiger partial charge on any atom is 0.309 e. The van der Waals surface area contributed by atoms with Gasteiger partial charge in [-0.05, 0) is 337 Å². The third kappa shape index (κ3) is 8.31. The van der Waals surface area contributed by atoms with Crippen molar-refractivity contribution in [1.82, 2.24) is 0 Å². The molecule has 0 aromatic heterocycles. The van der Waals surface area contributed by atoms with Crippen LogP contribution in [0.25, 0.3) is 0 Å². The quantitative estimate of drug-likeness (QED) is 0.0924. The normalized spacial score (nSPS) is 54.6. The van der Waals surface area contributed by atoms with Crippen molar-refractivity contribution in [3.05, 3.63) is 0 Å². The van der Waals surface area contributed by atoms with Gasteiger partial charge in [0.25, 0.3) is 0 Å². The van der Waals surface area contributed by atoms with Crippen LogP contribution < -0.4 is 0 Å². The van der Waals surface area contributed by atoms with Crippen LogP contribution in [0.4, 0.5) is 0 Å². The van der Waals surface area contributed by atoms with Crippen LogP contribution >= 0.6 is 0 Å². The first-order chi connectivity index (χ1) is 42.2. The molecule has 29 atom stereocenters. The van der Waals surface area contributed by atoms with Gasteiger partial charge in [-0.1, -0.05) is 27.7 Å². The summed E-state index contributed by atoms with van der Waals surface area (Å²) in [5, 5.41) is 10.4. The summed E-state index contributed by atoms with van der Waals surface area (Å²) in [4.78, 5) is 71.4. The molecular formula is C78H114O10. The Morgan fingerprint density at radius 1 is 0.500 bits per heavy atom. The minimum Gasteiger partial charge on any atom is -0.459 e. The molecule has 18 rings (SSSR count). The van der Waals surface area contributed by atoms with Gasteiger partial charge in [-0.25, -0.2) is 0 Å². The molecule has 486 valence electrons. The molecular weight excluding hydrogens is 1100 g/mol. The molecule has 10 nitrogen and oxygen atoms in total. The number of aliphatic hydroxyl groups is 1. The molecule has 0 saturated heterocycles. The lowest BCUT2D eigenvalue weighted by Gasteiger charge is -2.90. The molecule has 18 saturated carbocycles. The van der Waals surface area contributed by atoms with Gasteiger partial charge in [-0.3, -0.25) is 24.0 Å². The number of ketones is 1. The summed E-state index contributed by atoms with van der Waals surface area (Å²) in [5.74, 6) is 14.3. The van der Waals surface area contributed by atoms with Gasteiger partial charge in [0, 0.05) is 36.5 Å². The summed E-state index contributed by atoms with van der Waals surface area (Å²) in [7, 11) is 0. The summed E-state index contributed by atoms with van der Waals surface area (Å²) in [6, 6.07) is 0. The molecule has 18 aliphatic rings. The lowest BCUT2D eigenvalue weighted by atomic mass is 9.15. The molecule has 88 heavy (non-hydrogen) atoms. The fourth-order valence-electron chi connectivity index (χ4n) is 30.3. The van der Waals surface area contributed by atoms with E-state index >= 15 is 4.79 Å². The van der Waals surface area contributed by atoms with Crippen molar-refractivity contribution in [3.8, 4) is 0 Å². The number of ether oxygens (including phenoxy) is 4. The second-order valence-electron chi connectivity index (χ2n) is 37.0. The number of rotatable bonds is 20. The van der Waals surface area contributed by atoms with E-state index in [1.165, 1.54) is 57.8 Å². The number of Topliss-reactive ketones (excluding diaryl/α,β-unsaturated/α-hetero) is 1. The Bertz CT molecular complexity index is 2760. The van der Waals surface area contributed by atoms with Gasteiger partial charge in [0.2, 0.25) is 0 Å². The fourth-order valence-corrected chi connectivity index (χ4v) is 30.3. The van der Waals surface area contributed by atoms with Crippen molar-refractivity contribution in [2.24, 2.45) is 183 Å². The Morgan fingerprint density at radius 3 is 1.64 bits per heavy atom. The zero-order valence-electron chi connectivity index (χ0n) is 55.5. The highest BCUT2D eigenvalue weighted by Gasteiger charge is 2.90. The highest BCUT2D eigenvalue weighted by atomic mass is 16.6. The Morgan fingerprint density at radius 2 is 1.02 bits per heavy atom. The van der Waals surface area contributed by atoms with E-state index in [0.29, 0.717) is 142 Å². The predicted octanol–water partition coefficient (Wildman–Crippen LogP) is 15.2. The molecule has 0 aromatic carbocycles. The van der Waals surface area contributed by atoms with Gasteiger partial charge in [0.05, 0.1) is 29.8 Å². The van der Waals surface area contributed by atoms with E-state index in [2.05, 4.69) is 55.4 Å². The molecule has 0 radical (unpaired) electrons. The molecule has 1 N–H and O–H groups in total. The number of aliphatic hydroxyl groups excluding tert-OH is 1. The Hall–Kier alpha value is -2.49. The topological polar surface area (TPSA) is 143 Å². The van der Waals surface area contributed by atoms with E-state index in [1.807, 2.05) is 0 Å². The Kier molecular flexibility index (Phi) is 14.0. The first kappa shape index (κ1) is 59.3. The summed E-state index contributed by atoms with van der Waals surface area (Å²) in [6.45, 7) is 18.1. The first-order valence-corrected chi connectivity index (χ1v) is 38.3. The van der Waals surface area contributed by atoms with Crippen molar-refractivity contribution < 1.29 is 48.0 Å². The van der Waals surface area contributed by atoms with Gasteiger partial charge >= 0.3 is 23.9 Å². The standard InChI is InChI=1S/C78H114O10/c1-9-75(7,47-13-17-51(80)18-14-47)86-71(82)62-29-41-26-56(62)39(4)52(41)19-22-55-57(43-28-59(55)64(31-43)70(81)85-74(5,6)46-11-15-50(79)16-12-46)37-61-54(42-27-60(61)65(30-42)73(84)88-77(10-2)66-32-44-23-45(66)33-67(44)77)21-20-53-38(3)40-24-58(53)63(25-40)72(83)87-76(8)68-35-48-34-49-36-69(76)78(48,49)68/h38-50,52-69,79H,9-37H2,1-8H3. The highest BCUT2D eigenvalue weighted by molar-refractivity contribution is 5.79. The predicted molar refractivity (Wildman–Crippen MR) is 333 cm³/mol. The summed E-state index contributed by atoms with van der Waals surface area (Å²) in [6.07, 6.45) is 29.7. The summed E-state index contributed by atoms with van der Waals surface area (Å²) in [5.41, 5.74) is -1.01. The van der Waals surface area contributed by atoms with Gasteiger partial charge < -0.3 is 24.1 Å². The minimum atomic E-state index is -0.576. The molecule has 18 fully saturated rings. The molecule has 0 heterocycles. The van der Waals surface area contributed by atoms with Gasteiger partial charge in [0.15, 0.2) is 0 Å². The average molecular weight is 1210 g/mol. The van der Waals surface area contributed by atoms with Crippen LogP contribution in [0.15, 0.2) is 0 Å². The number of carbonyl (C=O) groups is 5. The molecule has 18 aliphatic carbocycles. The average Bonchev–Trinajstić information content (AvgIpc) is 0.808. The van der Waals surface area contributed by atoms with Crippen LogP contribution in [0.3, 0.4) is 0 Å². The minimum absolute atomic E-state index is 0.00457. The second-order valence-corrected chi connectivity index (χ2v) is 37.0. The lowest BCUT2D eigenvalue weighted by molar-refractivity contribution is -0.455. The van der Waals surface area contributed by atoms with E-state index in [0.717, 1.165) is 139 Å². The maximum absolute atomic E-state index is 15.3. The smallest absolute Gasteiger partial charge is 0.309 e. The molecule has 0 amide bonds. The highest BCUT2D eigenvalue weighted by Crippen LogP contribution is 2.91. The molecule has 10 heteroatoms. The maximum atomic E-state index is 15.3. The molecule has 0 aromatic rings. The Labute approximate surface area is 528 Å². The number of carbonyl (C=O) groups excluding carboxylic acids is 5.